The van der Waals surface area contributed by atoms with Crippen molar-refractivity contribution in [3.8, 4) is 0 Å². The maximum atomic E-state index is 6.04. The Kier molecular flexibility index (Phi) is 3.47. The Bertz CT molecular complexity index is 829. The first-order chi connectivity index (χ1) is 10.0. The summed E-state index contributed by atoms with van der Waals surface area (Å²) in [6.07, 6.45) is 1.80. The third-order valence-corrected chi connectivity index (χ3v) is 3.42. The largest absolute Gasteiger partial charge is 0.281 e. The Hall–Kier alpha value is -2.20. The minimum absolute atomic E-state index is 0.641. The lowest BCUT2D eigenvalue weighted by molar-refractivity contribution is 1.09. The molecule has 0 radical (unpaired) electrons. The number of rotatable bonds is 2. The number of aryl methyl sites for hydroxylation is 3. The lowest BCUT2D eigenvalue weighted by Crippen LogP contribution is -1.82. The Labute approximate surface area is 128 Å². The quantitative estimate of drug-likeness (QED) is 0.590. The monoisotopic (exact) mass is 298 g/mol. The van der Waals surface area contributed by atoms with Crippen molar-refractivity contribution < 1.29 is 0 Å². The van der Waals surface area contributed by atoms with E-state index < -0.39 is 0 Å². The summed E-state index contributed by atoms with van der Waals surface area (Å²) < 4.78 is 1.85. The molecule has 0 spiro atoms. The SMILES string of the molecule is Cc1cc(C)cc(N=Nc2c(C)nc3ccc(Cl)cn23)c1. The van der Waals surface area contributed by atoms with E-state index in [4.69, 9.17) is 11.6 Å². The molecule has 0 saturated carbocycles. The highest BCUT2D eigenvalue weighted by Gasteiger charge is 2.08. The summed E-state index contributed by atoms with van der Waals surface area (Å²) in [7, 11) is 0. The van der Waals surface area contributed by atoms with Gasteiger partial charge >= 0.3 is 0 Å². The highest BCUT2D eigenvalue weighted by molar-refractivity contribution is 6.30. The third-order valence-electron chi connectivity index (χ3n) is 3.19. The molecule has 3 rings (SSSR count). The van der Waals surface area contributed by atoms with E-state index in [0.717, 1.165) is 17.0 Å². The van der Waals surface area contributed by atoms with E-state index in [1.54, 1.807) is 6.20 Å². The molecule has 0 aliphatic rings. The molecule has 0 atom stereocenters. The van der Waals surface area contributed by atoms with Crippen LogP contribution in [0.4, 0.5) is 11.5 Å². The molecule has 4 nitrogen and oxygen atoms in total. The number of aromatic nitrogens is 2. The number of benzene rings is 1. The molecule has 0 saturated heterocycles. The molecular weight excluding hydrogens is 284 g/mol. The summed E-state index contributed by atoms with van der Waals surface area (Å²) >= 11 is 6.04. The summed E-state index contributed by atoms with van der Waals surface area (Å²) in [6, 6.07) is 9.79. The zero-order valence-corrected chi connectivity index (χ0v) is 12.9. The molecule has 106 valence electrons. The number of halogens is 1. The van der Waals surface area contributed by atoms with Gasteiger partial charge in [0, 0.05) is 6.20 Å². The van der Waals surface area contributed by atoms with E-state index in [9.17, 15) is 0 Å². The summed E-state index contributed by atoms with van der Waals surface area (Å²) in [5.74, 6) is 0.701. The number of fused-ring (bicyclic) bond motifs is 1. The van der Waals surface area contributed by atoms with Crippen LogP contribution in [0.5, 0.6) is 0 Å². The van der Waals surface area contributed by atoms with Crippen LogP contribution >= 0.6 is 11.6 Å². The van der Waals surface area contributed by atoms with Gasteiger partial charge < -0.3 is 0 Å². The van der Waals surface area contributed by atoms with Crippen molar-refractivity contribution in [2.75, 3.05) is 0 Å². The second-order valence-electron chi connectivity index (χ2n) is 5.14. The summed E-state index contributed by atoms with van der Waals surface area (Å²) in [6.45, 7) is 6.01. The van der Waals surface area contributed by atoms with Crippen molar-refractivity contribution in [1.29, 1.82) is 0 Å². The van der Waals surface area contributed by atoms with Crippen LogP contribution in [0.1, 0.15) is 16.8 Å². The highest BCUT2D eigenvalue weighted by atomic mass is 35.5. The topological polar surface area (TPSA) is 42.0 Å². The fraction of sp³-hybridized carbons (Fsp3) is 0.188. The van der Waals surface area contributed by atoms with Crippen molar-refractivity contribution >= 4 is 28.8 Å². The van der Waals surface area contributed by atoms with Gasteiger partial charge in [0.05, 0.1) is 16.4 Å². The molecule has 5 heteroatoms. The normalized spacial score (nSPS) is 11.6. The first-order valence-electron chi connectivity index (χ1n) is 6.67. The second-order valence-corrected chi connectivity index (χ2v) is 5.58. The fourth-order valence-corrected chi connectivity index (χ4v) is 2.52. The van der Waals surface area contributed by atoms with Crippen LogP contribution in [0.3, 0.4) is 0 Å². The van der Waals surface area contributed by atoms with Gasteiger partial charge in [-0.25, -0.2) is 4.98 Å². The summed E-state index contributed by atoms with van der Waals surface area (Å²) in [5, 5.41) is 9.33. The number of hydrogen-bond donors (Lipinski definition) is 0. The molecule has 1 aromatic carbocycles. The molecule has 0 fully saturated rings. The Morgan fingerprint density at radius 2 is 1.71 bits per heavy atom. The standard InChI is InChI=1S/C16H15ClN4/c1-10-6-11(2)8-14(7-10)19-20-16-12(3)18-15-5-4-13(17)9-21(15)16/h4-9H,1-3H3. The lowest BCUT2D eigenvalue weighted by atomic mass is 10.1. The highest BCUT2D eigenvalue weighted by Crippen LogP contribution is 2.25. The number of hydrogen-bond acceptors (Lipinski definition) is 3. The molecule has 0 aliphatic heterocycles. The van der Waals surface area contributed by atoms with Gasteiger partial charge in [-0.2, -0.15) is 0 Å². The molecule has 0 aliphatic carbocycles. The smallest absolute Gasteiger partial charge is 0.182 e. The minimum atomic E-state index is 0.641. The van der Waals surface area contributed by atoms with Crippen molar-refractivity contribution in [3.05, 3.63) is 58.4 Å². The van der Waals surface area contributed by atoms with Gasteiger partial charge in [0.15, 0.2) is 5.82 Å². The lowest BCUT2D eigenvalue weighted by Gasteiger charge is -1.99. The zero-order chi connectivity index (χ0) is 15.0. The van der Waals surface area contributed by atoms with Crippen LogP contribution in [0.15, 0.2) is 46.8 Å². The molecule has 0 bridgehead atoms. The first-order valence-corrected chi connectivity index (χ1v) is 7.05. The molecule has 2 aromatic heterocycles. The molecular formula is C16H15ClN4. The van der Waals surface area contributed by atoms with E-state index in [0.29, 0.717) is 10.8 Å². The number of imidazole rings is 1. The maximum absolute atomic E-state index is 6.04. The van der Waals surface area contributed by atoms with Gasteiger partial charge in [-0.1, -0.05) is 17.7 Å². The van der Waals surface area contributed by atoms with E-state index in [-0.39, 0.29) is 0 Å². The van der Waals surface area contributed by atoms with Crippen LogP contribution in [-0.4, -0.2) is 9.38 Å². The Morgan fingerprint density at radius 3 is 2.43 bits per heavy atom. The van der Waals surface area contributed by atoms with Crippen LogP contribution in [0.25, 0.3) is 5.65 Å². The van der Waals surface area contributed by atoms with Gasteiger partial charge in [-0.15, -0.1) is 10.2 Å². The molecule has 0 amide bonds. The average molecular weight is 299 g/mol. The third kappa shape index (κ3) is 2.81. The number of pyridine rings is 1. The summed E-state index contributed by atoms with van der Waals surface area (Å²) in [4.78, 5) is 4.45. The first kappa shape index (κ1) is 13.8. The predicted octanol–water partition coefficient (Wildman–Crippen LogP) is 5.33. The van der Waals surface area contributed by atoms with Gasteiger partial charge in [0.2, 0.25) is 0 Å². The molecule has 3 aromatic rings. The maximum Gasteiger partial charge on any atom is 0.182 e. The van der Waals surface area contributed by atoms with Crippen LogP contribution in [0, 0.1) is 20.8 Å². The average Bonchev–Trinajstić information content (AvgIpc) is 2.70. The van der Waals surface area contributed by atoms with E-state index in [1.807, 2.05) is 49.4 Å². The minimum Gasteiger partial charge on any atom is -0.281 e. The van der Waals surface area contributed by atoms with Gasteiger partial charge in [0.1, 0.15) is 5.65 Å². The van der Waals surface area contributed by atoms with E-state index in [1.165, 1.54) is 11.1 Å². The molecule has 21 heavy (non-hydrogen) atoms. The number of nitrogens with zero attached hydrogens (tertiary/aromatic N) is 4. The van der Waals surface area contributed by atoms with E-state index in [2.05, 4.69) is 21.3 Å². The van der Waals surface area contributed by atoms with Crippen LogP contribution in [0.2, 0.25) is 5.02 Å². The fourth-order valence-electron chi connectivity index (χ4n) is 2.36. The van der Waals surface area contributed by atoms with Crippen molar-refractivity contribution in [3.63, 3.8) is 0 Å². The van der Waals surface area contributed by atoms with Crippen LogP contribution < -0.4 is 0 Å². The van der Waals surface area contributed by atoms with Crippen LogP contribution in [-0.2, 0) is 0 Å². The molecule has 0 unspecified atom stereocenters. The van der Waals surface area contributed by atoms with Gasteiger partial charge in [-0.3, -0.25) is 4.40 Å². The predicted molar refractivity (Wildman–Crippen MR) is 85.0 cm³/mol. The van der Waals surface area contributed by atoms with E-state index >= 15 is 0 Å². The van der Waals surface area contributed by atoms with Crippen molar-refractivity contribution in [1.82, 2.24) is 9.38 Å². The zero-order valence-electron chi connectivity index (χ0n) is 12.1. The Balaban J connectivity index is 2.06. The van der Waals surface area contributed by atoms with Crippen molar-refractivity contribution in [2.24, 2.45) is 10.2 Å². The summed E-state index contributed by atoms with van der Waals surface area (Å²) in [5.41, 5.74) is 4.81. The van der Waals surface area contributed by atoms with Crippen molar-refractivity contribution in [2.45, 2.75) is 20.8 Å². The molecule has 0 N–H and O–H groups in total. The van der Waals surface area contributed by atoms with Gasteiger partial charge in [0.25, 0.3) is 0 Å². The second kappa shape index (κ2) is 5.30. The van der Waals surface area contributed by atoms with Gasteiger partial charge in [-0.05, 0) is 56.2 Å². The molecule has 2 heterocycles. The Morgan fingerprint density at radius 1 is 1.00 bits per heavy atom. The number of azo groups is 1.